The van der Waals surface area contributed by atoms with Gasteiger partial charge in [-0.2, -0.15) is 0 Å². The highest BCUT2D eigenvalue weighted by atomic mass is 35.5. The Morgan fingerprint density at radius 3 is 1.48 bits per heavy atom. The van der Waals surface area contributed by atoms with E-state index in [1.165, 1.54) is 12.4 Å². The third kappa shape index (κ3) is 10.2. The molecule has 0 radical (unpaired) electrons. The average Bonchev–Trinajstić information content (AvgIpc) is 3.88. The zero-order chi connectivity index (χ0) is 43.6. The maximum Gasteiger partial charge on any atom is 0.339 e. The fourth-order valence-electron chi connectivity index (χ4n) is 6.85. The van der Waals surface area contributed by atoms with E-state index in [0.717, 1.165) is 50.7 Å². The molecule has 0 aliphatic rings. The lowest BCUT2D eigenvalue weighted by Crippen LogP contribution is -2.07. The Bertz CT molecular complexity index is 2820. The fourth-order valence-corrected chi connectivity index (χ4v) is 7.20. The van der Waals surface area contributed by atoms with Crippen LogP contribution in [0.25, 0.3) is 33.9 Å². The zero-order valence-corrected chi connectivity index (χ0v) is 35.7. The number of aryl methyl sites for hydroxylation is 2. The largest absolute Gasteiger partial charge is 0.488 e. The van der Waals surface area contributed by atoms with Crippen LogP contribution in [-0.4, -0.2) is 42.8 Å². The van der Waals surface area contributed by atoms with Gasteiger partial charge in [-0.25, -0.2) is 9.59 Å². The quantitative estimate of drug-likeness (QED) is 0.114. The molecule has 8 aromatic rings. The Balaban J connectivity index is 0.000000187. The van der Waals surface area contributed by atoms with Gasteiger partial charge >= 0.3 is 11.9 Å². The molecule has 10 nitrogen and oxygen atoms in total. The third-order valence-corrected chi connectivity index (χ3v) is 10.3. The molecule has 4 aromatic heterocycles. The summed E-state index contributed by atoms with van der Waals surface area (Å²) in [5.41, 5.74) is 9.36. The van der Waals surface area contributed by atoms with Crippen molar-refractivity contribution in [3.8, 4) is 45.4 Å². The van der Waals surface area contributed by atoms with Crippen LogP contribution in [0.5, 0.6) is 11.5 Å². The Hall–Kier alpha value is -7.14. The van der Waals surface area contributed by atoms with Gasteiger partial charge in [-0.15, -0.1) is 0 Å². The van der Waals surface area contributed by atoms with Gasteiger partial charge in [-0.1, -0.05) is 83.9 Å². The van der Waals surface area contributed by atoms with E-state index >= 15 is 0 Å². The van der Waals surface area contributed by atoms with E-state index < -0.39 is 11.9 Å². The van der Waals surface area contributed by atoms with Gasteiger partial charge in [-0.05, 0) is 105 Å². The molecule has 0 aliphatic heterocycles. The summed E-state index contributed by atoms with van der Waals surface area (Å²) in [7, 11) is 0. The number of aromatic carboxylic acids is 1. The molecule has 0 spiro atoms. The Morgan fingerprint density at radius 2 is 1.03 bits per heavy atom. The number of nitrogens with zero attached hydrogens (tertiary/aromatic N) is 4. The van der Waals surface area contributed by atoms with Gasteiger partial charge in [0.05, 0.1) is 52.9 Å². The van der Waals surface area contributed by atoms with Crippen LogP contribution in [0.1, 0.15) is 50.2 Å². The normalized spacial score (nSPS) is 10.7. The Morgan fingerprint density at radius 1 is 0.581 bits per heavy atom. The lowest BCUT2D eigenvalue weighted by atomic mass is 10.1. The van der Waals surface area contributed by atoms with Crippen molar-refractivity contribution in [3.05, 3.63) is 202 Å². The third-order valence-electron chi connectivity index (χ3n) is 9.78. The first-order chi connectivity index (χ1) is 30.1. The molecule has 8 rings (SSSR count). The first-order valence-electron chi connectivity index (χ1n) is 19.7. The number of carbonyl (C=O) groups is 2. The number of halogens is 2. The van der Waals surface area contributed by atoms with Crippen LogP contribution < -0.4 is 9.47 Å². The van der Waals surface area contributed by atoms with E-state index in [2.05, 4.69) is 9.97 Å². The van der Waals surface area contributed by atoms with Crippen molar-refractivity contribution in [1.82, 2.24) is 19.1 Å². The first kappa shape index (κ1) is 43.0. The molecule has 312 valence electrons. The first-order valence-corrected chi connectivity index (χ1v) is 20.5. The van der Waals surface area contributed by atoms with Crippen LogP contribution in [0.2, 0.25) is 10.0 Å². The molecule has 0 saturated heterocycles. The molecular formula is C50H42Cl2N4O6. The summed E-state index contributed by atoms with van der Waals surface area (Å²) in [6, 6.07) is 42.3. The van der Waals surface area contributed by atoms with Crippen LogP contribution >= 0.6 is 23.2 Å². The molecule has 62 heavy (non-hydrogen) atoms. The van der Waals surface area contributed by atoms with Gasteiger partial charge in [0.15, 0.2) is 0 Å². The number of ether oxygens (including phenoxy) is 3. The van der Waals surface area contributed by atoms with Crippen LogP contribution in [0.3, 0.4) is 0 Å². The summed E-state index contributed by atoms with van der Waals surface area (Å²) in [5, 5.41) is 10.5. The molecule has 0 fully saturated rings. The predicted molar refractivity (Wildman–Crippen MR) is 242 cm³/mol. The summed E-state index contributed by atoms with van der Waals surface area (Å²) < 4.78 is 21.4. The summed E-state index contributed by atoms with van der Waals surface area (Å²) in [4.78, 5) is 32.0. The molecule has 0 atom stereocenters. The number of aromatic nitrogens is 4. The van der Waals surface area contributed by atoms with E-state index in [9.17, 15) is 14.7 Å². The zero-order valence-electron chi connectivity index (χ0n) is 34.2. The van der Waals surface area contributed by atoms with E-state index in [1.54, 1.807) is 37.5 Å². The number of pyridine rings is 2. The Kier molecular flexibility index (Phi) is 13.8. The smallest absolute Gasteiger partial charge is 0.339 e. The lowest BCUT2D eigenvalue weighted by Gasteiger charge is -2.16. The predicted octanol–water partition coefficient (Wildman–Crippen LogP) is 12.0. The monoisotopic (exact) mass is 864 g/mol. The second-order valence-corrected chi connectivity index (χ2v) is 15.0. The second kappa shape index (κ2) is 19.9. The summed E-state index contributed by atoms with van der Waals surface area (Å²) in [6.07, 6.45) is 6.19. The maximum atomic E-state index is 12.2. The SMILES string of the molecule is CCOC(=O)c1cncc(-n2c(C)ccc2-c2cc(Cl)ccc2OCc2ccccc2)c1.Cc1ccc(-c2cc(Cl)ccc2OCc2ccccc2)n1-c1cncc(C(=O)O)c1. The number of esters is 1. The van der Waals surface area contributed by atoms with Crippen molar-refractivity contribution in [3.63, 3.8) is 0 Å². The molecule has 4 heterocycles. The molecule has 1 N–H and O–H groups in total. The topological polar surface area (TPSA) is 118 Å². The summed E-state index contributed by atoms with van der Waals surface area (Å²) >= 11 is 12.7. The summed E-state index contributed by atoms with van der Waals surface area (Å²) in [5.74, 6) is -0.0229. The minimum atomic E-state index is -1.02. The molecule has 0 saturated carbocycles. The minimum absolute atomic E-state index is 0.123. The van der Waals surface area contributed by atoms with Crippen molar-refractivity contribution >= 4 is 35.1 Å². The van der Waals surface area contributed by atoms with Crippen LogP contribution in [0.15, 0.2) is 158 Å². The van der Waals surface area contributed by atoms with Crippen LogP contribution in [0, 0.1) is 13.8 Å². The van der Waals surface area contributed by atoms with Gasteiger partial charge in [0, 0.05) is 45.0 Å². The van der Waals surface area contributed by atoms with Crippen LogP contribution in [0.4, 0.5) is 0 Å². The van der Waals surface area contributed by atoms with Gasteiger partial charge in [0.1, 0.15) is 24.7 Å². The number of hydrogen-bond acceptors (Lipinski definition) is 7. The van der Waals surface area contributed by atoms with Crippen LogP contribution in [-0.2, 0) is 18.0 Å². The van der Waals surface area contributed by atoms with Crippen molar-refractivity contribution in [2.75, 3.05) is 6.61 Å². The van der Waals surface area contributed by atoms with Gasteiger partial charge in [0.2, 0.25) is 0 Å². The highest BCUT2D eigenvalue weighted by molar-refractivity contribution is 6.31. The molecule has 0 bridgehead atoms. The van der Waals surface area contributed by atoms with E-state index in [1.807, 2.05) is 138 Å². The molecule has 0 amide bonds. The number of rotatable bonds is 13. The molecule has 12 heteroatoms. The molecule has 0 unspecified atom stereocenters. The van der Waals surface area contributed by atoms with Crippen molar-refractivity contribution in [2.45, 2.75) is 34.0 Å². The van der Waals surface area contributed by atoms with Gasteiger partial charge < -0.3 is 28.5 Å². The van der Waals surface area contributed by atoms with Crippen molar-refractivity contribution < 1.29 is 28.9 Å². The number of carbonyl (C=O) groups excluding carboxylic acids is 1. The number of benzene rings is 4. The van der Waals surface area contributed by atoms with Gasteiger partial charge in [-0.3, -0.25) is 9.97 Å². The number of hydrogen-bond donors (Lipinski definition) is 1. The van der Waals surface area contributed by atoms with E-state index in [0.29, 0.717) is 52.6 Å². The van der Waals surface area contributed by atoms with E-state index in [4.69, 9.17) is 37.4 Å². The highest BCUT2D eigenvalue weighted by Gasteiger charge is 2.19. The van der Waals surface area contributed by atoms with E-state index in [-0.39, 0.29) is 5.56 Å². The minimum Gasteiger partial charge on any atom is -0.488 e. The number of carboxylic acids is 1. The lowest BCUT2D eigenvalue weighted by molar-refractivity contribution is 0.0525. The van der Waals surface area contributed by atoms with Crippen molar-refractivity contribution in [1.29, 1.82) is 0 Å². The van der Waals surface area contributed by atoms with Crippen molar-refractivity contribution in [2.24, 2.45) is 0 Å². The molecule has 4 aromatic carbocycles. The van der Waals surface area contributed by atoms with Gasteiger partial charge in [0.25, 0.3) is 0 Å². The molecule has 0 aliphatic carbocycles. The fraction of sp³-hybridized carbons (Fsp3) is 0.120. The Labute approximate surface area is 369 Å². The standard InChI is InChI=1S/C26H23ClN2O3.C24H19ClN2O3/c1-3-31-26(30)20-13-22(16-28-15-20)29-18(2)9-11-24(29)23-14-21(27)10-12-25(23)32-17-19-7-5-4-6-8-19;1-16-7-9-22(27(16)20-11-18(24(28)29)13-26-14-20)21-12-19(25)8-10-23(21)30-15-17-5-3-2-4-6-17/h4-16H,3,17H2,1-2H3;2-14H,15H2,1H3,(H,28,29). The summed E-state index contributed by atoms with van der Waals surface area (Å²) in [6.45, 7) is 6.89. The second-order valence-electron chi connectivity index (χ2n) is 14.1. The maximum absolute atomic E-state index is 12.2. The molecular weight excluding hydrogens is 823 g/mol. The highest BCUT2D eigenvalue weighted by Crippen LogP contribution is 2.38. The average molecular weight is 866 g/mol. The number of carboxylic acid groups (broad SMARTS) is 1.